The van der Waals surface area contributed by atoms with Crippen molar-refractivity contribution in [3.05, 3.63) is 0 Å². The fraction of sp³-hybridized carbons (Fsp3) is 1.00. The van der Waals surface area contributed by atoms with Crippen LogP contribution in [0, 0.1) is 0 Å². The largest absolute Gasteiger partial charge is 0.394 e. The van der Waals surface area contributed by atoms with Crippen LogP contribution in [0.15, 0.2) is 0 Å². The lowest BCUT2D eigenvalue weighted by molar-refractivity contribution is -0.265. The molecule has 1 heterocycles. The number of rotatable bonds is 11. The Kier molecular flexibility index (Phi) is 10.2. The van der Waals surface area contributed by atoms with Gasteiger partial charge >= 0.3 is 0 Å². The third-order valence-corrected chi connectivity index (χ3v) is 4.21. The fourth-order valence-corrected chi connectivity index (χ4v) is 2.69. The third kappa shape index (κ3) is 6.48. The van der Waals surface area contributed by atoms with Crippen LogP contribution in [0.3, 0.4) is 0 Å². The van der Waals surface area contributed by atoms with Gasteiger partial charge in [-0.15, -0.1) is 0 Å². The Hall–Kier alpha value is -0.240. The van der Waals surface area contributed by atoms with Crippen molar-refractivity contribution in [2.45, 2.75) is 88.9 Å². The van der Waals surface area contributed by atoms with E-state index in [1.54, 1.807) is 0 Å². The first kappa shape index (κ1) is 19.8. The summed E-state index contributed by atoms with van der Waals surface area (Å²) in [5.74, 6) is 0. The summed E-state index contributed by atoms with van der Waals surface area (Å²) in [5.41, 5.74) is 5.80. The molecule has 1 rings (SSSR count). The summed E-state index contributed by atoms with van der Waals surface area (Å²) < 4.78 is 11.0. The normalized spacial score (nSPS) is 32.3. The highest BCUT2D eigenvalue weighted by molar-refractivity contribution is 4.91. The molecule has 1 aliphatic heterocycles. The molecule has 0 aromatic heterocycles. The van der Waals surface area contributed by atoms with Gasteiger partial charge in [0.05, 0.1) is 12.6 Å². The van der Waals surface area contributed by atoms with E-state index in [1.807, 2.05) is 0 Å². The summed E-state index contributed by atoms with van der Waals surface area (Å²) in [7, 11) is 0. The molecule has 0 amide bonds. The van der Waals surface area contributed by atoms with Crippen molar-refractivity contribution in [3.63, 3.8) is 0 Å². The highest BCUT2D eigenvalue weighted by Crippen LogP contribution is 2.21. The molecule has 0 aliphatic carbocycles. The van der Waals surface area contributed by atoms with Crippen molar-refractivity contribution in [2.24, 2.45) is 5.73 Å². The lowest BCUT2D eigenvalue weighted by Crippen LogP contribution is -2.62. The van der Waals surface area contributed by atoms with Crippen LogP contribution < -0.4 is 5.73 Å². The van der Waals surface area contributed by atoms with E-state index in [1.165, 1.54) is 38.5 Å². The first-order chi connectivity index (χ1) is 10.6. The van der Waals surface area contributed by atoms with Crippen molar-refractivity contribution in [1.82, 2.24) is 0 Å². The van der Waals surface area contributed by atoms with E-state index in [4.69, 9.17) is 20.3 Å². The van der Waals surface area contributed by atoms with E-state index in [0.717, 1.165) is 12.8 Å². The highest BCUT2D eigenvalue weighted by atomic mass is 16.7. The van der Waals surface area contributed by atoms with Crippen LogP contribution in [0.25, 0.3) is 0 Å². The Labute approximate surface area is 133 Å². The zero-order valence-corrected chi connectivity index (χ0v) is 13.7. The lowest BCUT2D eigenvalue weighted by atomic mass is 9.98. The monoisotopic (exact) mass is 319 g/mol. The zero-order chi connectivity index (χ0) is 16.4. The van der Waals surface area contributed by atoms with Crippen molar-refractivity contribution in [2.75, 3.05) is 13.2 Å². The smallest absolute Gasteiger partial charge is 0.175 e. The van der Waals surface area contributed by atoms with Gasteiger partial charge in [0.25, 0.3) is 0 Å². The molecule has 0 aromatic carbocycles. The van der Waals surface area contributed by atoms with Gasteiger partial charge in [-0.05, 0) is 6.42 Å². The number of hydrogen-bond acceptors (Lipinski definition) is 6. The molecule has 6 nitrogen and oxygen atoms in total. The van der Waals surface area contributed by atoms with Gasteiger partial charge in [-0.25, -0.2) is 0 Å². The van der Waals surface area contributed by atoms with Crippen molar-refractivity contribution < 1.29 is 24.8 Å². The summed E-state index contributed by atoms with van der Waals surface area (Å²) in [5, 5.41) is 28.6. The Morgan fingerprint density at radius 1 is 0.955 bits per heavy atom. The maximum atomic E-state index is 9.82. The van der Waals surface area contributed by atoms with Crippen molar-refractivity contribution in [1.29, 1.82) is 0 Å². The van der Waals surface area contributed by atoms with Gasteiger partial charge in [0.15, 0.2) is 6.29 Å². The molecule has 0 bridgehead atoms. The molecule has 0 radical (unpaired) electrons. The van der Waals surface area contributed by atoms with E-state index in [0.29, 0.717) is 6.61 Å². The molecule has 132 valence electrons. The van der Waals surface area contributed by atoms with E-state index < -0.39 is 30.6 Å². The van der Waals surface area contributed by atoms with Crippen LogP contribution in [0.4, 0.5) is 0 Å². The molecule has 0 unspecified atom stereocenters. The first-order valence-electron chi connectivity index (χ1n) is 8.61. The molecule has 5 N–H and O–H groups in total. The van der Waals surface area contributed by atoms with Gasteiger partial charge in [0.1, 0.15) is 18.3 Å². The minimum absolute atomic E-state index is 0.372. The predicted octanol–water partition coefficient (Wildman–Crippen LogP) is 0.910. The summed E-state index contributed by atoms with van der Waals surface area (Å²) in [6, 6.07) is -0.799. The molecule has 0 saturated carbocycles. The molecule has 0 spiro atoms. The van der Waals surface area contributed by atoms with E-state index in [-0.39, 0.29) is 6.61 Å². The van der Waals surface area contributed by atoms with Gasteiger partial charge in [0.2, 0.25) is 0 Å². The van der Waals surface area contributed by atoms with Gasteiger partial charge in [-0.3, -0.25) is 0 Å². The predicted molar refractivity (Wildman–Crippen MR) is 84.3 cm³/mol. The molecule has 1 saturated heterocycles. The van der Waals surface area contributed by atoms with Gasteiger partial charge in [0, 0.05) is 6.61 Å². The van der Waals surface area contributed by atoms with Crippen LogP contribution >= 0.6 is 0 Å². The number of unbranched alkanes of at least 4 members (excludes halogenated alkanes) is 7. The van der Waals surface area contributed by atoms with Crippen molar-refractivity contribution in [3.8, 4) is 0 Å². The van der Waals surface area contributed by atoms with Crippen LogP contribution in [-0.4, -0.2) is 59.2 Å². The summed E-state index contributed by atoms with van der Waals surface area (Å²) in [4.78, 5) is 0. The first-order valence-corrected chi connectivity index (χ1v) is 8.61. The number of aliphatic hydroxyl groups excluding tert-OH is 3. The average molecular weight is 319 g/mol. The number of ether oxygens (including phenoxy) is 2. The van der Waals surface area contributed by atoms with Crippen LogP contribution in [-0.2, 0) is 9.47 Å². The lowest BCUT2D eigenvalue weighted by Gasteiger charge is -2.40. The SMILES string of the molecule is CCCCCCCCCCO[C@H]1O[C@H](CO)[C@@H](O)[C@H](O)[C@H]1N. The second kappa shape index (κ2) is 11.3. The van der Waals surface area contributed by atoms with Gasteiger partial charge < -0.3 is 30.5 Å². The average Bonchev–Trinajstić information content (AvgIpc) is 2.53. The maximum absolute atomic E-state index is 9.82. The minimum Gasteiger partial charge on any atom is -0.394 e. The van der Waals surface area contributed by atoms with Crippen LogP contribution in [0.5, 0.6) is 0 Å². The van der Waals surface area contributed by atoms with Gasteiger partial charge in [-0.2, -0.15) is 0 Å². The Morgan fingerprint density at radius 3 is 2.14 bits per heavy atom. The van der Waals surface area contributed by atoms with E-state index in [9.17, 15) is 10.2 Å². The molecule has 1 aliphatic rings. The number of nitrogens with two attached hydrogens (primary N) is 1. The summed E-state index contributed by atoms with van der Waals surface area (Å²) in [6.45, 7) is 2.35. The Bertz CT molecular complexity index is 277. The second-order valence-electron chi connectivity index (χ2n) is 6.13. The fourth-order valence-electron chi connectivity index (χ4n) is 2.69. The van der Waals surface area contributed by atoms with Crippen LogP contribution in [0.1, 0.15) is 58.3 Å². The number of hydrogen-bond donors (Lipinski definition) is 4. The minimum atomic E-state index is -1.18. The quantitative estimate of drug-likeness (QED) is 0.422. The van der Waals surface area contributed by atoms with Crippen molar-refractivity contribution >= 4 is 0 Å². The molecular weight excluding hydrogens is 286 g/mol. The molecule has 5 atom stereocenters. The highest BCUT2D eigenvalue weighted by Gasteiger charge is 2.42. The standard InChI is InChI=1S/C16H33NO5/c1-2-3-4-5-6-7-8-9-10-21-16-13(17)15(20)14(19)12(11-18)22-16/h12-16,18-20H,2-11,17H2,1H3/t12-,13-,14-,15-,16+/m1/s1. The maximum Gasteiger partial charge on any atom is 0.175 e. The molecular formula is C16H33NO5. The van der Waals surface area contributed by atoms with Crippen LogP contribution in [0.2, 0.25) is 0 Å². The topological polar surface area (TPSA) is 105 Å². The zero-order valence-electron chi connectivity index (χ0n) is 13.7. The summed E-state index contributed by atoms with van der Waals surface area (Å²) in [6.07, 6.45) is 5.74. The Morgan fingerprint density at radius 2 is 1.55 bits per heavy atom. The van der Waals surface area contributed by atoms with E-state index in [2.05, 4.69) is 6.92 Å². The van der Waals surface area contributed by atoms with E-state index >= 15 is 0 Å². The second-order valence-corrected chi connectivity index (χ2v) is 6.13. The van der Waals surface area contributed by atoms with Gasteiger partial charge in [-0.1, -0.05) is 51.9 Å². The molecule has 6 heteroatoms. The molecule has 22 heavy (non-hydrogen) atoms. The number of aliphatic hydroxyl groups is 3. The Balaban J connectivity index is 2.11. The summed E-state index contributed by atoms with van der Waals surface area (Å²) >= 11 is 0. The molecule has 0 aromatic rings. The molecule has 1 fully saturated rings. The third-order valence-electron chi connectivity index (χ3n) is 4.21.